The number of carbonyl (C=O) groups is 1. The van der Waals surface area contributed by atoms with Gasteiger partial charge in [-0.2, -0.15) is 4.31 Å². The third kappa shape index (κ3) is 4.35. The Morgan fingerprint density at radius 2 is 1.74 bits per heavy atom. The van der Waals surface area contributed by atoms with E-state index in [1.165, 1.54) is 13.1 Å². The van der Waals surface area contributed by atoms with Crippen LogP contribution in [0.2, 0.25) is 0 Å². The minimum Gasteiger partial charge on any atom is -0.338 e. The molecule has 4 rings (SSSR count). The molecule has 1 amide bonds. The van der Waals surface area contributed by atoms with Crippen molar-refractivity contribution in [3.63, 3.8) is 0 Å². The zero-order chi connectivity index (χ0) is 22.0. The van der Waals surface area contributed by atoms with Gasteiger partial charge in [0.05, 0.1) is 22.5 Å². The number of anilines is 1. The number of rotatable bonds is 6. The van der Waals surface area contributed by atoms with Gasteiger partial charge in [0, 0.05) is 18.3 Å². The number of fused-ring (bicyclic) bond motifs is 1. The van der Waals surface area contributed by atoms with Crippen LogP contribution < -0.4 is 5.32 Å². The number of aryl methyl sites for hydroxylation is 1. The molecule has 158 valence electrons. The van der Waals surface area contributed by atoms with Crippen LogP contribution in [0.25, 0.3) is 22.4 Å². The minimum absolute atomic E-state index is 0.0921. The number of benzene rings is 3. The zero-order valence-electron chi connectivity index (χ0n) is 17.2. The standard InChI is InChI=1S/C23H22N4O3S/c1-16-8-6-7-11-19(16)24-22(28)15-27(2)31(29,30)18-12-13-20-21(14-18)26-23(25-20)17-9-4-3-5-10-17/h3-14H,15H2,1-2H3,(H,24,28)(H,25,26). The second-order valence-electron chi connectivity index (χ2n) is 7.25. The number of para-hydroxylation sites is 1. The van der Waals surface area contributed by atoms with Crippen molar-refractivity contribution in [3.8, 4) is 11.4 Å². The van der Waals surface area contributed by atoms with Crippen LogP contribution in [-0.4, -0.2) is 42.2 Å². The Labute approximate surface area is 180 Å². The van der Waals surface area contributed by atoms with Gasteiger partial charge in [-0.3, -0.25) is 4.79 Å². The highest BCUT2D eigenvalue weighted by molar-refractivity contribution is 7.89. The summed E-state index contributed by atoms with van der Waals surface area (Å²) in [6.45, 7) is 1.58. The number of sulfonamides is 1. The third-order valence-corrected chi connectivity index (χ3v) is 6.79. The topological polar surface area (TPSA) is 95.2 Å². The Hall–Kier alpha value is -3.49. The molecule has 0 atom stereocenters. The molecule has 0 aliphatic rings. The van der Waals surface area contributed by atoms with Crippen molar-refractivity contribution in [1.82, 2.24) is 14.3 Å². The minimum atomic E-state index is -3.86. The zero-order valence-corrected chi connectivity index (χ0v) is 18.0. The SMILES string of the molecule is Cc1ccccc1NC(=O)CN(C)S(=O)(=O)c1ccc2nc(-c3ccccc3)[nH]c2c1. The number of H-pyrrole nitrogens is 1. The lowest BCUT2D eigenvalue weighted by Gasteiger charge is -2.17. The molecule has 8 heteroatoms. The first kappa shape index (κ1) is 20.8. The van der Waals surface area contributed by atoms with E-state index in [4.69, 9.17) is 0 Å². The number of nitrogens with zero attached hydrogens (tertiary/aromatic N) is 2. The fraction of sp³-hybridized carbons (Fsp3) is 0.130. The molecule has 1 heterocycles. The molecule has 0 aliphatic heterocycles. The number of hydrogen-bond acceptors (Lipinski definition) is 4. The summed E-state index contributed by atoms with van der Waals surface area (Å²) in [7, 11) is -2.47. The van der Waals surface area contributed by atoms with E-state index in [1.54, 1.807) is 18.2 Å². The number of imidazole rings is 1. The van der Waals surface area contributed by atoms with Crippen molar-refractivity contribution in [3.05, 3.63) is 78.4 Å². The van der Waals surface area contributed by atoms with E-state index >= 15 is 0 Å². The molecule has 0 aliphatic carbocycles. The highest BCUT2D eigenvalue weighted by atomic mass is 32.2. The van der Waals surface area contributed by atoms with Crippen LogP contribution in [0.4, 0.5) is 5.69 Å². The van der Waals surface area contributed by atoms with Crippen molar-refractivity contribution in [1.29, 1.82) is 0 Å². The van der Waals surface area contributed by atoms with Crippen LogP contribution in [-0.2, 0) is 14.8 Å². The lowest BCUT2D eigenvalue weighted by Crippen LogP contribution is -2.35. The smallest absolute Gasteiger partial charge is 0.243 e. The number of carbonyl (C=O) groups excluding carboxylic acids is 1. The fourth-order valence-electron chi connectivity index (χ4n) is 3.25. The molecule has 0 radical (unpaired) electrons. The maximum absolute atomic E-state index is 13.0. The quantitative estimate of drug-likeness (QED) is 0.483. The molecular formula is C23H22N4O3S. The van der Waals surface area contributed by atoms with Gasteiger partial charge in [0.1, 0.15) is 5.82 Å². The molecule has 0 spiro atoms. The lowest BCUT2D eigenvalue weighted by molar-refractivity contribution is -0.116. The van der Waals surface area contributed by atoms with Crippen LogP contribution in [0.15, 0.2) is 77.7 Å². The summed E-state index contributed by atoms with van der Waals surface area (Å²) in [5.41, 5.74) is 3.74. The van der Waals surface area contributed by atoms with Gasteiger partial charge in [0.15, 0.2) is 0 Å². The predicted octanol–water partition coefficient (Wildman–Crippen LogP) is 3.80. The molecule has 2 N–H and O–H groups in total. The maximum Gasteiger partial charge on any atom is 0.243 e. The first-order valence-corrected chi connectivity index (χ1v) is 11.2. The molecule has 0 saturated heterocycles. The summed E-state index contributed by atoms with van der Waals surface area (Å²) < 4.78 is 27.1. The lowest BCUT2D eigenvalue weighted by atomic mass is 10.2. The van der Waals surface area contributed by atoms with E-state index in [2.05, 4.69) is 15.3 Å². The van der Waals surface area contributed by atoms with Crippen LogP contribution in [0.5, 0.6) is 0 Å². The Kier molecular flexibility index (Phi) is 5.58. The summed E-state index contributed by atoms with van der Waals surface area (Å²) in [4.78, 5) is 20.2. The van der Waals surface area contributed by atoms with Gasteiger partial charge in [0.2, 0.25) is 15.9 Å². The number of aromatic amines is 1. The van der Waals surface area contributed by atoms with Crippen molar-refractivity contribution < 1.29 is 13.2 Å². The Morgan fingerprint density at radius 3 is 2.48 bits per heavy atom. The monoisotopic (exact) mass is 434 g/mol. The van der Waals surface area contributed by atoms with E-state index < -0.39 is 15.9 Å². The van der Waals surface area contributed by atoms with Gasteiger partial charge in [0.25, 0.3) is 0 Å². The molecule has 3 aromatic carbocycles. The summed E-state index contributed by atoms with van der Waals surface area (Å²) >= 11 is 0. The molecule has 4 aromatic rings. The number of nitrogens with one attached hydrogen (secondary N) is 2. The average molecular weight is 435 g/mol. The van der Waals surface area contributed by atoms with E-state index in [-0.39, 0.29) is 11.4 Å². The average Bonchev–Trinajstić information content (AvgIpc) is 3.19. The molecule has 0 bridgehead atoms. The number of amides is 1. The van der Waals surface area contributed by atoms with Crippen LogP contribution in [0, 0.1) is 6.92 Å². The van der Waals surface area contributed by atoms with Gasteiger partial charge in [-0.1, -0.05) is 48.5 Å². The largest absolute Gasteiger partial charge is 0.338 e. The van der Waals surface area contributed by atoms with Crippen molar-refractivity contribution in [2.45, 2.75) is 11.8 Å². The summed E-state index contributed by atoms with van der Waals surface area (Å²) in [6, 6.07) is 21.6. The van der Waals surface area contributed by atoms with Gasteiger partial charge in [-0.05, 0) is 36.8 Å². The summed E-state index contributed by atoms with van der Waals surface area (Å²) in [5, 5.41) is 2.75. The summed E-state index contributed by atoms with van der Waals surface area (Å²) in [6.07, 6.45) is 0. The highest BCUT2D eigenvalue weighted by Crippen LogP contribution is 2.24. The van der Waals surface area contributed by atoms with Crippen molar-refractivity contribution in [2.24, 2.45) is 0 Å². The van der Waals surface area contributed by atoms with Crippen molar-refractivity contribution >= 4 is 32.7 Å². The normalized spacial score (nSPS) is 11.7. The van der Waals surface area contributed by atoms with E-state index in [0.29, 0.717) is 22.5 Å². The second-order valence-corrected chi connectivity index (χ2v) is 9.30. The number of hydrogen-bond donors (Lipinski definition) is 2. The van der Waals surface area contributed by atoms with Crippen LogP contribution in [0.1, 0.15) is 5.56 Å². The molecule has 0 saturated carbocycles. The van der Waals surface area contributed by atoms with Gasteiger partial charge in [-0.25, -0.2) is 13.4 Å². The van der Waals surface area contributed by atoms with Gasteiger partial charge in [-0.15, -0.1) is 0 Å². The summed E-state index contributed by atoms with van der Waals surface area (Å²) in [5.74, 6) is 0.255. The van der Waals surface area contributed by atoms with E-state index in [1.807, 2.05) is 55.5 Å². The van der Waals surface area contributed by atoms with Gasteiger partial charge >= 0.3 is 0 Å². The van der Waals surface area contributed by atoms with Crippen molar-refractivity contribution in [2.75, 3.05) is 18.9 Å². The number of likely N-dealkylation sites (N-methyl/N-ethyl adjacent to an activating group) is 1. The molecule has 1 aromatic heterocycles. The molecular weight excluding hydrogens is 412 g/mol. The van der Waals surface area contributed by atoms with Gasteiger partial charge < -0.3 is 10.3 Å². The van der Waals surface area contributed by atoms with E-state index in [0.717, 1.165) is 15.4 Å². The van der Waals surface area contributed by atoms with Crippen LogP contribution >= 0.6 is 0 Å². The fourth-order valence-corrected chi connectivity index (χ4v) is 4.41. The Morgan fingerprint density at radius 1 is 1.03 bits per heavy atom. The second kappa shape index (κ2) is 8.33. The maximum atomic E-state index is 13.0. The molecule has 0 unspecified atom stereocenters. The highest BCUT2D eigenvalue weighted by Gasteiger charge is 2.24. The molecule has 7 nitrogen and oxygen atoms in total. The third-order valence-electron chi connectivity index (χ3n) is 4.99. The van der Waals surface area contributed by atoms with Crippen LogP contribution in [0.3, 0.4) is 0 Å². The molecule has 31 heavy (non-hydrogen) atoms. The first-order chi connectivity index (χ1) is 14.8. The Balaban J connectivity index is 1.54. The predicted molar refractivity (Wildman–Crippen MR) is 121 cm³/mol. The number of aromatic nitrogens is 2. The Bertz CT molecular complexity index is 1350. The first-order valence-electron chi connectivity index (χ1n) is 9.71. The molecule has 0 fully saturated rings. The van der Waals surface area contributed by atoms with E-state index in [9.17, 15) is 13.2 Å².